The first-order chi connectivity index (χ1) is 7.56. The molecule has 0 aliphatic rings. The highest BCUT2D eigenvalue weighted by Crippen LogP contribution is 2.21. The second kappa shape index (κ2) is 6.04. The van der Waals surface area contributed by atoms with Crippen LogP contribution in [-0.4, -0.2) is 11.2 Å². The third kappa shape index (κ3) is 3.34. The van der Waals surface area contributed by atoms with E-state index in [1.807, 2.05) is 19.1 Å². The molecule has 1 amide bonds. The van der Waals surface area contributed by atoms with Crippen LogP contribution in [0.25, 0.3) is 0 Å². The molecule has 0 unspecified atom stereocenters. The first kappa shape index (κ1) is 13.2. The summed E-state index contributed by atoms with van der Waals surface area (Å²) in [5.74, 6) is 0.0887. The zero-order valence-electron chi connectivity index (χ0n) is 10.1. The van der Waals surface area contributed by atoms with Crippen LogP contribution in [0, 0.1) is 20.8 Å². The molecular weight excluding hydrogens is 266 g/mol. The maximum Gasteiger partial charge on any atom is 0.224 e. The van der Waals surface area contributed by atoms with Gasteiger partial charge in [-0.2, -0.15) is 0 Å². The lowest BCUT2D eigenvalue weighted by Gasteiger charge is -2.12. The largest absolute Gasteiger partial charge is 0.326 e. The van der Waals surface area contributed by atoms with Gasteiger partial charge in [-0.05, 0) is 49.9 Å². The molecule has 0 heterocycles. The second-order valence-electron chi connectivity index (χ2n) is 4.02. The number of hydrogen-bond acceptors (Lipinski definition) is 1. The summed E-state index contributed by atoms with van der Waals surface area (Å²) in [5.41, 5.74) is 4.60. The van der Waals surface area contributed by atoms with Crippen molar-refractivity contribution in [2.45, 2.75) is 33.6 Å². The standard InChI is InChI=1S/C13H18BrNO/c1-9-6-7-12(11(3)10(9)2)15-13(16)5-4-8-14/h6-7H,4-5,8H2,1-3H3,(H,15,16). The number of anilines is 1. The monoisotopic (exact) mass is 283 g/mol. The number of carbonyl (C=O) groups is 1. The maximum atomic E-state index is 11.6. The van der Waals surface area contributed by atoms with Crippen molar-refractivity contribution in [3.8, 4) is 0 Å². The minimum Gasteiger partial charge on any atom is -0.326 e. The van der Waals surface area contributed by atoms with Gasteiger partial charge >= 0.3 is 0 Å². The van der Waals surface area contributed by atoms with E-state index >= 15 is 0 Å². The molecule has 2 nitrogen and oxygen atoms in total. The van der Waals surface area contributed by atoms with Gasteiger partial charge in [-0.3, -0.25) is 4.79 Å². The molecule has 0 radical (unpaired) electrons. The number of carbonyl (C=O) groups excluding carboxylic acids is 1. The Labute approximate surface area is 106 Å². The van der Waals surface area contributed by atoms with Crippen molar-refractivity contribution in [2.24, 2.45) is 0 Å². The van der Waals surface area contributed by atoms with Crippen molar-refractivity contribution in [2.75, 3.05) is 10.6 Å². The fourth-order valence-electron chi connectivity index (χ4n) is 1.53. The Morgan fingerprint density at radius 1 is 1.25 bits per heavy atom. The Morgan fingerprint density at radius 3 is 2.56 bits per heavy atom. The molecule has 16 heavy (non-hydrogen) atoms. The van der Waals surface area contributed by atoms with E-state index in [2.05, 4.69) is 35.1 Å². The molecule has 3 heteroatoms. The molecule has 0 aliphatic heterocycles. The summed E-state index contributed by atoms with van der Waals surface area (Å²) < 4.78 is 0. The average Bonchev–Trinajstić information content (AvgIpc) is 2.27. The molecule has 0 spiro atoms. The normalized spacial score (nSPS) is 10.2. The predicted molar refractivity (Wildman–Crippen MR) is 72.3 cm³/mol. The van der Waals surface area contributed by atoms with Gasteiger partial charge in [0.25, 0.3) is 0 Å². The minimum atomic E-state index is 0.0887. The maximum absolute atomic E-state index is 11.6. The molecule has 0 bridgehead atoms. The van der Waals surface area contributed by atoms with Crippen molar-refractivity contribution < 1.29 is 4.79 Å². The number of rotatable bonds is 4. The summed E-state index contributed by atoms with van der Waals surface area (Å²) in [6, 6.07) is 4.02. The fourth-order valence-corrected chi connectivity index (χ4v) is 1.81. The van der Waals surface area contributed by atoms with Crippen LogP contribution in [0.5, 0.6) is 0 Å². The summed E-state index contributed by atoms with van der Waals surface area (Å²) in [7, 11) is 0. The Bertz CT molecular complexity index is 388. The Hall–Kier alpha value is -0.830. The number of amides is 1. The quantitative estimate of drug-likeness (QED) is 0.839. The number of hydrogen-bond donors (Lipinski definition) is 1. The zero-order chi connectivity index (χ0) is 12.1. The Kier molecular flexibility index (Phi) is 5.00. The van der Waals surface area contributed by atoms with Gasteiger partial charge < -0.3 is 5.32 Å². The third-order valence-electron chi connectivity index (χ3n) is 2.87. The van der Waals surface area contributed by atoms with E-state index < -0.39 is 0 Å². The van der Waals surface area contributed by atoms with E-state index in [1.165, 1.54) is 11.1 Å². The second-order valence-corrected chi connectivity index (χ2v) is 4.81. The number of nitrogens with one attached hydrogen (secondary N) is 1. The first-order valence-electron chi connectivity index (χ1n) is 5.49. The van der Waals surface area contributed by atoms with Crippen LogP contribution < -0.4 is 5.32 Å². The van der Waals surface area contributed by atoms with Crippen LogP contribution in [0.3, 0.4) is 0 Å². The van der Waals surface area contributed by atoms with Gasteiger partial charge in [0.2, 0.25) is 5.91 Å². The van der Waals surface area contributed by atoms with Crippen molar-refractivity contribution >= 4 is 27.5 Å². The van der Waals surface area contributed by atoms with Crippen LogP contribution in [0.1, 0.15) is 29.5 Å². The highest BCUT2D eigenvalue weighted by Gasteiger charge is 2.06. The average molecular weight is 284 g/mol. The molecule has 0 aromatic heterocycles. The first-order valence-corrected chi connectivity index (χ1v) is 6.61. The smallest absolute Gasteiger partial charge is 0.224 e. The lowest BCUT2D eigenvalue weighted by molar-refractivity contribution is -0.116. The van der Waals surface area contributed by atoms with Crippen molar-refractivity contribution in [3.63, 3.8) is 0 Å². The van der Waals surface area contributed by atoms with Gasteiger partial charge in [0.15, 0.2) is 0 Å². The van der Waals surface area contributed by atoms with Crippen molar-refractivity contribution in [1.29, 1.82) is 0 Å². The van der Waals surface area contributed by atoms with Gasteiger partial charge in [0.1, 0.15) is 0 Å². The summed E-state index contributed by atoms with van der Waals surface area (Å²) in [5, 5.41) is 3.82. The number of alkyl halides is 1. The summed E-state index contributed by atoms with van der Waals surface area (Å²) in [6.07, 6.45) is 1.44. The molecule has 88 valence electrons. The molecule has 0 aliphatic carbocycles. The van der Waals surface area contributed by atoms with Gasteiger partial charge in [-0.25, -0.2) is 0 Å². The van der Waals surface area contributed by atoms with Gasteiger partial charge in [0, 0.05) is 17.4 Å². The molecule has 1 rings (SSSR count). The van der Waals surface area contributed by atoms with Crippen LogP contribution in [0.15, 0.2) is 12.1 Å². The van der Waals surface area contributed by atoms with Gasteiger partial charge in [0.05, 0.1) is 0 Å². The number of benzene rings is 1. The van der Waals surface area contributed by atoms with Crippen molar-refractivity contribution in [1.82, 2.24) is 0 Å². The SMILES string of the molecule is Cc1ccc(NC(=O)CCCBr)c(C)c1C. The molecule has 0 fully saturated rings. The Balaban J connectivity index is 2.74. The molecule has 0 saturated carbocycles. The number of aryl methyl sites for hydroxylation is 1. The van der Waals surface area contributed by atoms with E-state index in [4.69, 9.17) is 0 Å². The summed E-state index contributed by atoms with van der Waals surface area (Å²) in [4.78, 5) is 11.6. The summed E-state index contributed by atoms with van der Waals surface area (Å²) >= 11 is 3.32. The third-order valence-corrected chi connectivity index (χ3v) is 3.43. The highest BCUT2D eigenvalue weighted by molar-refractivity contribution is 9.09. The van der Waals surface area contributed by atoms with E-state index in [-0.39, 0.29) is 5.91 Å². The van der Waals surface area contributed by atoms with Crippen LogP contribution in [0.4, 0.5) is 5.69 Å². The predicted octanol–water partition coefficient (Wildman–Crippen LogP) is 3.73. The van der Waals surface area contributed by atoms with E-state index in [9.17, 15) is 4.79 Å². The van der Waals surface area contributed by atoms with Crippen LogP contribution in [0.2, 0.25) is 0 Å². The lowest BCUT2D eigenvalue weighted by atomic mass is 10.0. The van der Waals surface area contributed by atoms with Crippen LogP contribution >= 0.6 is 15.9 Å². The Morgan fingerprint density at radius 2 is 1.94 bits per heavy atom. The van der Waals surface area contributed by atoms with E-state index in [0.29, 0.717) is 6.42 Å². The number of halogens is 1. The summed E-state index contributed by atoms with van der Waals surface area (Å²) in [6.45, 7) is 6.21. The molecule has 1 N–H and O–H groups in total. The minimum absolute atomic E-state index is 0.0887. The molecular formula is C13H18BrNO. The zero-order valence-corrected chi connectivity index (χ0v) is 11.6. The topological polar surface area (TPSA) is 29.1 Å². The fraction of sp³-hybridized carbons (Fsp3) is 0.462. The highest BCUT2D eigenvalue weighted by atomic mass is 79.9. The lowest BCUT2D eigenvalue weighted by Crippen LogP contribution is -2.12. The van der Waals surface area contributed by atoms with Crippen LogP contribution in [-0.2, 0) is 4.79 Å². The van der Waals surface area contributed by atoms with Gasteiger partial charge in [-0.1, -0.05) is 22.0 Å². The van der Waals surface area contributed by atoms with E-state index in [1.54, 1.807) is 0 Å². The molecule has 1 aromatic carbocycles. The van der Waals surface area contributed by atoms with Gasteiger partial charge in [-0.15, -0.1) is 0 Å². The molecule has 1 aromatic rings. The van der Waals surface area contributed by atoms with Crippen molar-refractivity contribution in [3.05, 3.63) is 28.8 Å². The molecule has 0 atom stereocenters. The van der Waals surface area contributed by atoms with E-state index in [0.717, 1.165) is 23.0 Å². The molecule has 0 saturated heterocycles.